The number of benzene rings is 2. The number of hydrogen-bond donors (Lipinski definition) is 1. The van der Waals surface area contributed by atoms with Crippen molar-refractivity contribution < 1.29 is 14.3 Å². The van der Waals surface area contributed by atoms with Gasteiger partial charge in [0.15, 0.2) is 0 Å². The van der Waals surface area contributed by atoms with Gasteiger partial charge in [0, 0.05) is 24.6 Å². The Morgan fingerprint density at radius 1 is 1.30 bits per heavy atom. The van der Waals surface area contributed by atoms with Gasteiger partial charge in [0.2, 0.25) is 5.91 Å². The highest BCUT2D eigenvalue weighted by Gasteiger charge is 2.20. The molecule has 1 aliphatic rings. The molecule has 4 heteroatoms. The van der Waals surface area contributed by atoms with E-state index in [1.54, 1.807) is 7.11 Å². The van der Waals surface area contributed by atoms with Crippen LogP contribution in [0.4, 0.5) is 5.69 Å². The van der Waals surface area contributed by atoms with Crippen molar-refractivity contribution in [3.63, 3.8) is 0 Å². The van der Waals surface area contributed by atoms with Crippen LogP contribution in [-0.2, 0) is 17.6 Å². The van der Waals surface area contributed by atoms with E-state index < -0.39 is 0 Å². The summed E-state index contributed by atoms with van der Waals surface area (Å²) in [6.45, 7) is 2.22. The Labute approximate surface area is 136 Å². The van der Waals surface area contributed by atoms with E-state index in [9.17, 15) is 4.79 Å². The fourth-order valence-corrected chi connectivity index (χ4v) is 2.99. The Morgan fingerprint density at radius 3 is 2.96 bits per heavy atom. The van der Waals surface area contributed by atoms with Crippen LogP contribution in [0.3, 0.4) is 0 Å². The van der Waals surface area contributed by atoms with Gasteiger partial charge in [-0.3, -0.25) is 4.79 Å². The SMILES string of the molecule is COc1ccc2c(c1)OCC(Cc1cccc(NC(C)=O)c1)C2. The van der Waals surface area contributed by atoms with Gasteiger partial charge in [-0.1, -0.05) is 18.2 Å². The third-order valence-electron chi connectivity index (χ3n) is 4.03. The highest BCUT2D eigenvalue weighted by molar-refractivity contribution is 5.88. The number of amides is 1. The van der Waals surface area contributed by atoms with Crippen LogP contribution in [0, 0.1) is 5.92 Å². The maximum Gasteiger partial charge on any atom is 0.221 e. The smallest absolute Gasteiger partial charge is 0.221 e. The molecule has 3 rings (SSSR count). The molecule has 2 aromatic rings. The average Bonchev–Trinajstić information content (AvgIpc) is 2.54. The van der Waals surface area contributed by atoms with Crippen LogP contribution in [-0.4, -0.2) is 19.6 Å². The van der Waals surface area contributed by atoms with Gasteiger partial charge < -0.3 is 14.8 Å². The zero-order valence-corrected chi connectivity index (χ0v) is 13.5. The largest absolute Gasteiger partial charge is 0.497 e. The Morgan fingerprint density at radius 2 is 2.17 bits per heavy atom. The molecule has 0 aliphatic carbocycles. The van der Waals surface area contributed by atoms with Crippen LogP contribution in [0.1, 0.15) is 18.1 Å². The third kappa shape index (κ3) is 3.83. The number of carbonyl (C=O) groups is 1. The van der Waals surface area contributed by atoms with E-state index >= 15 is 0 Å². The molecule has 2 aromatic carbocycles. The number of hydrogen-bond acceptors (Lipinski definition) is 3. The summed E-state index contributed by atoms with van der Waals surface area (Å²) >= 11 is 0. The number of methoxy groups -OCH3 is 1. The summed E-state index contributed by atoms with van der Waals surface area (Å²) in [7, 11) is 1.66. The first-order valence-corrected chi connectivity index (χ1v) is 7.80. The van der Waals surface area contributed by atoms with Crippen molar-refractivity contribution in [3.05, 3.63) is 53.6 Å². The average molecular weight is 311 g/mol. The summed E-state index contributed by atoms with van der Waals surface area (Å²) in [5.41, 5.74) is 3.28. The van der Waals surface area contributed by atoms with Gasteiger partial charge in [-0.25, -0.2) is 0 Å². The predicted molar refractivity (Wildman–Crippen MR) is 90.1 cm³/mol. The van der Waals surface area contributed by atoms with Gasteiger partial charge in [-0.15, -0.1) is 0 Å². The summed E-state index contributed by atoms with van der Waals surface area (Å²) in [6, 6.07) is 14.0. The lowest BCUT2D eigenvalue weighted by Crippen LogP contribution is -2.22. The van der Waals surface area contributed by atoms with E-state index in [0.717, 1.165) is 30.0 Å². The summed E-state index contributed by atoms with van der Waals surface area (Å²) in [6.07, 6.45) is 1.92. The number of fused-ring (bicyclic) bond motifs is 1. The molecule has 0 fully saturated rings. The molecule has 4 nitrogen and oxygen atoms in total. The van der Waals surface area contributed by atoms with E-state index in [1.165, 1.54) is 18.1 Å². The molecular weight excluding hydrogens is 290 g/mol. The van der Waals surface area contributed by atoms with Crippen molar-refractivity contribution in [2.75, 3.05) is 19.0 Å². The highest BCUT2D eigenvalue weighted by Crippen LogP contribution is 2.32. The van der Waals surface area contributed by atoms with Gasteiger partial charge in [0.05, 0.1) is 13.7 Å². The number of ether oxygens (including phenoxy) is 2. The zero-order chi connectivity index (χ0) is 16.2. The number of anilines is 1. The molecule has 23 heavy (non-hydrogen) atoms. The number of rotatable bonds is 4. The first-order valence-electron chi connectivity index (χ1n) is 7.80. The van der Waals surface area contributed by atoms with Crippen LogP contribution in [0.5, 0.6) is 11.5 Å². The van der Waals surface area contributed by atoms with E-state index in [1.807, 2.05) is 30.3 Å². The lowest BCUT2D eigenvalue weighted by Gasteiger charge is -2.26. The van der Waals surface area contributed by atoms with Crippen LogP contribution < -0.4 is 14.8 Å². The lowest BCUT2D eigenvalue weighted by molar-refractivity contribution is -0.114. The van der Waals surface area contributed by atoms with Crippen LogP contribution in [0.25, 0.3) is 0 Å². The fraction of sp³-hybridized carbons (Fsp3) is 0.316. The minimum atomic E-state index is -0.0500. The van der Waals surface area contributed by atoms with Gasteiger partial charge in [-0.2, -0.15) is 0 Å². The van der Waals surface area contributed by atoms with E-state index in [-0.39, 0.29) is 5.91 Å². The quantitative estimate of drug-likeness (QED) is 0.941. The summed E-state index contributed by atoms with van der Waals surface area (Å²) in [5.74, 6) is 2.13. The standard InChI is InChI=1S/C19H21NO3/c1-13(21)20-17-5-3-4-14(10-17)8-15-9-16-6-7-18(22-2)11-19(16)23-12-15/h3-7,10-11,15H,8-9,12H2,1-2H3,(H,20,21). The molecule has 120 valence electrons. The minimum absolute atomic E-state index is 0.0500. The van der Waals surface area contributed by atoms with Gasteiger partial charge in [0.25, 0.3) is 0 Å². The Kier molecular flexibility index (Phi) is 4.51. The molecule has 1 unspecified atom stereocenters. The van der Waals surface area contributed by atoms with Crippen molar-refractivity contribution >= 4 is 11.6 Å². The molecule has 0 radical (unpaired) electrons. The monoisotopic (exact) mass is 311 g/mol. The number of nitrogens with one attached hydrogen (secondary N) is 1. The molecule has 1 atom stereocenters. The van der Waals surface area contributed by atoms with Crippen molar-refractivity contribution in [1.82, 2.24) is 0 Å². The van der Waals surface area contributed by atoms with E-state index in [0.29, 0.717) is 12.5 Å². The Bertz CT molecular complexity index is 712. The molecular formula is C19H21NO3. The first-order chi connectivity index (χ1) is 11.1. The van der Waals surface area contributed by atoms with Crippen LogP contribution >= 0.6 is 0 Å². The van der Waals surface area contributed by atoms with Gasteiger partial charge in [-0.05, 0) is 42.2 Å². The van der Waals surface area contributed by atoms with Crippen molar-refractivity contribution in [3.8, 4) is 11.5 Å². The Balaban J connectivity index is 1.68. The normalized spacial score (nSPS) is 16.2. The maximum atomic E-state index is 11.2. The maximum absolute atomic E-state index is 11.2. The molecule has 0 spiro atoms. The highest BCUT2D eigenvalue weighted by atomic mass is 16.5. The topological polar surface area (TPSA) is 47.6 Å². The van der Waals surface area contributed by atoms with Gasteiger partial charge >= 0.3 is 0 Å². The third-order valence-corrected chi connectivity index (χ3v) is 4.03. The van der Waals surface area contributed by atoms with Gasteiger partial charge in [0.1, 0.15) is 11.5 Å². The van der Waals surface area contributed by atoms with E-state index in [2.05, 4.69) is 17.4 Å². The minimum Gasteiger partial charge on any atom is -0.497 e. The van der Waals surface area contributed by atoms with Crippen molar-refractivity contribution in [2.24, 2.45) is 5.92 Å². The molecule has 1 heterocycles. The number of carbonyl (C=O) groups excluding carboxylic acids is 1. The Hall–Kier alpha value is -2.49. The molecule has 0 bridgehead atoms. The molecule has 0 saturated heterocycles. The molecule has 0 saturated carbocycles. The summed E-state index contributed by atoms with van der Waals surface area (Å²) < 4.78 is 11.1. The molecule has 1 aliphatic heterocycles. The predicted octanol–water partition coefficient (Wildman–Crippen LogP) is 3.45. The zero-order valence-electron chi connectivity index (χ0n) is 13.5. The summed E-state index contributed by atoms with van der Waals surface area (Å²) in [4.78, 5) is 11.2. The fourth-order valence-electron chi connectivity index (χ4n) is 2.99. The second-order valence-electron chi connectivity index (χ2n) is 5.94. The summed E-state index contributed by atoms with van der Waals surface area (Å²) in [5, 5.41) is 2.83. The molecule has 0 aromatic heterocycles. The lowest BCUT2D eigenvalue weighted by atomic mass is 9.91. The first kappa shape index (κ1) is 15.4. The molecule has 1 amide bonds. The van der Waals surface area contributed by atoms with Crippen molar-refractivity contribution in [1.29, 1.82) is 0 Å². The van der Waals surface area contributed by atoms with Crippen LogP contribution in [0.15, 0.2) is 42.5 Å². The second kappa shape index (κ2) is 6.73. The van der Waals surface area contributed by atoms with Crippen molar-refractivity contribution in [2.45, 2.75) is 19.8 Å². The second-order valence-corrected chi connectivity index (χ2v) is 5.94. The molecule has 1 N–H and O–H groups in total. The van der Waals surface area contributed by atoms with E-state index in [4.69, 9.17) is 9.47 Å². The van der Waals surface area contributed by atoms with Crippen LogP contribution in [0.2, 0.25) is 0 Å².